The Morgan fingerprint density at radius 2 is 1.55 bits per heavy atom. The van der Waals surface area contributed by atoms with Gasteiger partial charge in [-0.3, -0.25) is 9.69 Å². The molecule has 1 saturated carbocycles. The first-order valence-electron chi connectivity index (χ1n) is 12.2. The zero-order chi connectivity index (χ0) is 23.8. The smallest absolute Gasteiger partial charge is 0.325 e. The Kier molecular flexibility index (Phi) is 8.74. The number of carbonyl (C=O) groups is 1. The van der Waals surface area contributed by atoms with Crippen molar-refractivity contribution in [3.8, 4) is 0 Å². The molecular formula is C29H40N2O2. The highest BCUT2D eigenvalue weighted by Crippen LogP contribution is 2.37. The summed E-state index contributed by atoms with van der Waals surface area (Å²) in [7, 11) is 0. The lowest BCUT2D eigenvalue weighted by molar-refractivity contribution is -0.151. The summed E-state index contributed by atoms with van der Waals surface area (Å²) in [6, 6.07) is 20.3. The number of esters is 1. The molecule has 0 bridgehead atoms. The molecule has 4 heteroatoms. The summed E-state index contributed by atoms with van der Waals surface area (Å²) >= 11 is 0. The Morgan fingerprint density at radius 3 is 1.97 bits per heavy atom. The quantitative estimate of drug-likeness (QED) is 0.408. The van der Waals surface area contributed by atoms with E-state index in [1.807, 2.05) is 19.1 Å². The van der Waals surface area contributed by atoms with E-state index >= 15 is 0 Å². The van der Waals surface area contributed by atoms with E-state index in [4.69, 9.17) is 4.74 Å². The van der Waals surface area contributed by atoms with E-state index in [0.29, 0.717) is 25.6 Å². The largest absolute Gasteiger partial charge is 0.465 e. The summed E-state index contributed by atoms with van der Waals surface area (Å²) < 4.78 is 5.65. The van der Waals surface area contributed by atoms with Gasteiger partial charge in [0.1, 0.15) is 6.04 Å². The Balaban J connectivity index is 1.94. The van der Waals surface area contributed by atoms with E-state index in [1.165, 1.54) is 11.1 Å². The van der Waals surface area contributed by atoms with Crippen LogP contribution >= 0.6 is 0 Å². The molecule has 2 aromatic carbocycles. The number of hydrogen-bond donors (Lipinski definition) is 1. The number of nitrogens with zero attached hydrogens (tertiary/aromatic N) is 1. The van der Waals surface area contributed by atoms with Crippen LogP contribution in [0.25, 0.3) is 0 Å². The Bertz CT molecular complexity index is 843. The van der Waals surface area contributed by atoms with Crippen molar-refractivity contribution in [1.82, 2.24) is 10.2 Å². The number of allylic oxidation sites excluding steroid dienone is 1. The molecule has 1 aliphatic rings. The highest BCUT2D eigenvalue weighted by molar-refractivity contribution is 5.77. The van der Waals surface area contributed by atoms with Gasteiger partial charge in [-0.2, -0.15) is 0 Å². The molecule has 2 aromatic rings. The number of nitrogens with one attached hydrogen (secondary N) is 1. The van der Waals surface area contributed by atoms with Crippen molar-refractivity contribution in [2.45, 2.75) is 72.1 Å². The van der Waals surface area contributed by atoms with Gasteiger partial charge in [-0.1, -0.05) is 88.0 Å². The number of ether oxygens (including phenoxy) is 1. The molecule has 178 valence electrons. The van der Waals surface area contributed by atoms with E-state index in [2.05, 4.69) is 86.1 Å². The lowest BCUT2D eigenvalue weighted by Gasteiger charge is -2.37. The van der Waals surface area contributed by atoms with Gasteiger partial charge in [0.25, 0.3) is 0 Å². The molecule has 1 fully saturated rings. The van der Waals surface area contributed by atoms with Gasteiger partial charge in [0.2, 0.25) is 0 Å². The molecule has 1 N–H and O–H groups in total. The van der Waals surface area contributed by atoms with Gasteiger partial charge in [0.05, 0.1) is 12.6 Å². The van der Waals surface area contributed by atoms with E-state index in [-0.39, 0.29) is 17.4 Å². The first-order valence-corrected chi connectivity index (χ1v) is 12.2. The Labute approximate surface area is 200 Å². The second-order valence-electron chi connectivity index (χ2n) is 10.4. The predicted molar refractivity (Wildman–Crippen MR) is 135 cm³/mol. The third-order valence-electron chi connectivity index (χ3n) is 5.96. The average Bonchev–Trinajstić information content (AvgIpc) is 3.59. The summed E-state index contributed by atoms with van der Waals surface area (Å²) in [5, 5.41) is 3.69. The first kappa shape index (κ1) is 25.0. The molecule has 4 nitrogen and oxygen atoms in total. The number of carbonyl (C=O) groups excluding carboxylic acids is 1. The first-order chi connectivity index (χ1) is 15.8. The van der Waals surface area contributed by atoms with Crippen LogP contribution < -0.4 is 5.32 Å². The zero-order valence-corrected chi connectivity index (χ0v) is 20.7. The number of hydrogen-bond acceptors (Lipinski definition) is 4. The molecule has 3 rings (SSSR count). The van der Waals surface area contributed by atoms with Crippen LogP contribution in [0.15, 0.2) is 72.9 Å². The fraction of sp³-hybridized carbons (Fsp3) is 0.483. The third kappa shape index (κ3) is 8.04. The topological polar surface area (TPSA) is 41.6 Å². The summed E-state index contributed by atoms with van der Waals surface area (Å²) in [6.45, 7) is 14.6. The molecule has 0 amide bonds. The maximum atomic E-state index is 13.5. The molecule has 0 spiro atoms. The SMILES string of the molecule is C=C(CC(C)(C)C)N[C@H](C1CC1)[C@@H](C(=O)OCC)N(Cc1ccccc1)Cc1ccccc1. The zero-order valence-electron chi connectivity index (χ0n) is 20.7. The van der Waals surface area contributed by atoms with Crippen LogP contribution in [0.3, 0.4) is 0 Å². The standard InChI is InChI=1S/C29H40N2O2/c1-6-33-28(32)27(26(25-17-18-25)30-22(2)19-29(3,4)5)31(20-23-13-9-7-10-14-23)21-24-15-11-8-12-16-24/h7-16,25-27,30H,2,6,17-21H2,1,3-5H3/t26-,27+/m1/s1. The Morgan fingerprint density at radius 1 is 1.03 bits per heavy atom. The Hall–Kier alpha value is -2.59. The van der Waals surface area contributed by atoms with Crippen LogP contribution in [0.2, 0.25) is 0 Å². The van der Waals surface area contributed by atoms with Crippen molar-refractivity contribution in [1.29, 1.82) is 0 Å². The fourth-order valence-corrected chi connectivity index (χ4v) is 4.48. The molecular weight excluding hydrogens is 408 g/mol. The van der Waals surface area contributed by atoms with E-state index in [1.54, 1.807) is 0 Å². The number of rotatable bonds is 12. The summed E-state index contributed by atoms with van der Waals surface area (Å²) in [5.74, 6) is 0.294. The molecule has 1 aliphatic carbocycles. The number of benzene rings is 2. The van der Waals surface area contributed by atoms with Crippen LogP contribution in [0.4, 0.5) is 0 Å². The van der Waals surface area contributed by atoms with E-state index < -0.39 is 6.04 Å². The molecule has 0 aliphatic heterocycles. The summed E-state index contributed by atoms with van der Waals surface area (Å²) in [6.07, 6.45) is 3.12. The van der Waals surface area contributed by atoms with Crippen LogP contribution in [-0.2, 0) is 22.6 Å². The fourth-order valence-electron chi connectivity index (χ4n) is 4.48. The molecule has 0 saturated heterocycles. The van der Waals surface area contributed by atoms with Crippen LogP contribution in [0.5, 0.6) is 0 Å². The van der Waals surface area contributed by atoms with Gasteiger partial charge in [-0.25, -0.2) is 0 Å². The highest BCUT2D eigenvalue weighted by Gasteiger charge is 2.44. The lowest BCUT2D eigenvalue weighted by Crippen LogP contribution is -2.55. The van der Waals surface area contributed by atoms with E-state index in [0.717, 1.165) is 25.0 Å². The van der Waals surface area contributed by atoms with Gasteiger partial charge in [-0.15, -0.1) is 0 Å². The normalized spacial score (nSPS) is 15.7. The van der Waals surface area contributed by atoms with Crippen LogP contribution in [0, 0.1) is 11.3 Å². The summed E-state index contributed by atoms with van der Waals surface area (Å²) in [5.41, 5.74) is 3.50. The predicted octanol–water partition coefficient (Wildman–Crippen LogP) is 5.94. The monoisotopic (exact) mass is 448 g/mol. The lowest BCUT2D eigenvalue weighted by atomic mass is 9.90. The molecule has 0 unspecified atom stereocenters. The minimum atomic E-state index is -0.394. The summed E-state index contributed by atoms with van der Waals surface area (Å²) in [4.78, 5) is 15.8. The van der Waals surface area contributed by atoms with Crippen LogP contribution in [-0.4, -0.2) is 29.6 Å². The van der Waals surface area contributed by atoms with Crippen molar-refractivity contribution < 1.29 is 9.53 Å². The van der Waals surface area contributed by atoms with Crippen molar-refractivity contribution in [3.63, 3.8) is 0 Å². The highest BCUT2D eigenvalue weighted by atomic mass is 16.5. The third-order valence-corrected chi connectivity index (χ3v) is 5.96. The maximum absolute atomic E-state index is 13.5. The van der Waals surface area contributed by atoms with Gasteiger partial charge in [0, 0.05) is 18.8 Å². The second-order valence-corrected chi connectivity index (χ2v) is 10.4. The van der Waals surface area contributed by atoms with Gasteiger partial charge in [-0.05, 0) is 48.6 Å². The van der Waals surface area contributed by atoms with Gasteiger partial charge >= 0.3 is 5.97 Å². The second kappa shape index (κ2) is 11.5. The minimum absolute atomic E-state index is 0.0219. The molecule has 0 heterocycles. The molecule has 0 radical (unpaired) electrons. The van der Waals surface area contributed by atoms with Crippen molar-refractivity contribution >= 4 is 5.97 Å². The minimum Gasteiger partial charge on any atom is -0.465 e. The van der Waals surface area contributed by atoms with Gasteiger partial charge in [0.15, 0.2) is 0 Å². The van der Waals surface area contributed by atoms with E-state index in [9.17, 15) is 4.79 Å². The van der Waals surface area contributed by atoms with Crippen molar-refractivity contribution in [2.75, 3.05) is 6.61 Å². The molecule has 0 aromatic heterocycles. The average molecular weight is 449 g/mol. The molecule has 2 atom stereocenters. The maximum Gasteiger partial charge on any atom is 0.325 e. The van der Waals surface area contributed by atoms with Crippen LogP contribution in [0.1, 0.15) is 58.1 Å². The van der Waals surface area contributed by atoms with Gasteiger partial charge < -0.3 is 10.1 Å². The van der Waals surface area contributed by atoms with Crippen molar-refractivity contribution in [2.24, 2.45) is 11.3 Å². The van der Waals surface area contributed by atoms with Crippen molar-refractivity contribution in [3.05, 3.63) is 84.1 Å². The molecule has 33 heavy (non-hydrogen) atoms.